The van der Waals surface area contributed by atoms with Crippen LogP contribution >= 0.6 is 0 Å². The number of aromatic amines is 1. The van der Waals surface area contributed by atoms with E-state index in [2.05, 4.69) is 9.97 Å². The molecule has 4 heteroatoms. The van der Waals surface area contributed by atoms with Crippen molar-refractivity contribution in [3.63, 3.8) is 0 Å². The van der Waals surface area contributed by atoms with Crippen molar-refractivity contribution in [1.82, 2.24) is 9.97 Å². The Morgan fingerprint density at radius 2 is 2.31 bits per heavy atom. The molecule has 2 N–H and O–H groups in total. The van der Waals surface area contributed by atoms with Crippen LogP contribution in [0.5, 0.6) is 0 Å². The number of hydrogen-bond acceptors (Lipinski definition) is 2. The Kier molecular flexibility index (Phi) is 1.55. The summed E-state index contributed by atoms with van der Waals surface area (Å²) in [5, 5.41) is 8.83. The second kappa shape index (κ2) is 2.58. The Bertz CT molecular complexity index is 473. The molecular formula is C9H8N2O2. The fraction of sp³-hybridized carbons (Fsp3) is 0.111. The van der Waals surface area contributed by atoms with E-state index < -0.39 is 5.97 Å². The van der Waals surface area contributed by atoms with Crippen LogP contribution in [-0.4, -0.2) is 21.0 Å². The summed E-state index contributed by atoms with van der Waals surface area (Å²) in [4.78, 5) is 17.7. The summed E-state index contributed by atoms with van der Waals surface area (Å²) in [7, 11) is 0. The van der Waals surface area contributed by atoms with Gasteiger partial charge in [0.1, 0.15) is 0 Å². The number of rotatable bonds is 1. The second-order valence-electron chi connectivity index (χ2n) is 2.84. The first-order valence-corrected chi connectivity index (χ1v) is 3.86. The van der Waals surface area contributed by atoms with Crippen molar-refractivity contribution >= 4 is 17.0 Å². The molecule has 1 heterocycles. The number of nitrogens with one attached hydrogen (secondary N) is 1. The van der Waals surface area contributed by atoms with E-state index in [1.54, 1.807) is 25.4 Å². The zero-order valence-corrected chi connectivity index (χ0v) is 7.03. The highest BCUT2D eigenvalue weighted by molar-refractivity contribution is 5.95. The lowest BCUT2D eigenvalue weighted by Gasteiger charge is -2.00. The van der Waals surface area contributed by atoms with Gasteiger partial charge in [0.25, 0.3) is 0 Å². The first-order chi connectivity index (χ1) is 6.20. The highest BCUT2D eigenvalue weighted by atomic mass is 16.4. The molecule has 0 saturated heterocycles. The summed E-state index contributed by atoms with van der Waals surface area (Å²) < 4.78 is 0. The molecule has 1 aromatic carbocycles. The second-order valence-corrected chi connectivity index (χ2v) is 2.84. The maximum absolute atomic E-state index is 10.8. The third kappa shape index (κ3) is 1.07. The lowest BCUT2D eigenvalue weighted by atomic mass is 10.1. The molecule has 0 amide bonds. The van der Waals surface area contributed by atoms with E-state index in [-0.39, 0.29) is 0 Å². The van der Waals surface area contributed by atoms with Crippen LogP contribution < -0.4 is 0 Å². The van der Waals surface area contributed by atoms with Crippen molar-refractivity contribution in [3.8, 4) is 0 Å². The predicted octanol–water partition coefficient (Wildman–Crippen LogP) is 1.57. The molecule has 2 aromatic rings. The predicted molar refractivity (Wildman–Crippen MR) is 47.8 cm³/mol. The number of aromatic carboxylic acids is 1. The summed E-state index contributed by atoms with van der Waals surface area (Å²) in [5.41, 5.74) is 2.63. The van der Waals surface area contributed by atoms with Gasteiger partial charge in [-0.3, -0.25) is 0 Å². The molecule has 0 spiro atoms. The van der Waals surface area contributed by atoms with E-state index in [1.807, 2.05) is 0 Å². The maximum atomic E-state index is 10.8. The molecule has 1 aromatic heterocycles. The van der Waals surface area contributed by atoms with Crippen LogP contribution in [0.3, 0.4) is 0 Å². The largest absolute Gasteiger partial charge is 0.478 e. The Balaban J connectivity index is 2.80. The van der Waals surface area contributed by atoms with Gasteiger partial charge >= 0.3 is 5.97 Å². The number of nitrogens with zero attached hydrogens (tertiary/aromatic N) is 1. The molecule has 0 atom stereocenters. The van der Waals surface area contributed by atoms with Crippen molar-refractivity contribution in [1.29, 1.82) is 0 Å². The smallest absolute Gasteiger partial charge is 0.336 e. The topological polar surface area (TPSA) is 66.0 Å². The van der Waals surface area contributed by atoms with E-state index >= 15 is 0 Å². The van der Waals surface area contributed by atoms with Gasteiger partial charge in [-0.2, -0.15) is 0 Å². The van der Waals surface area contributed by atoms with Crippen LogP contribution in [0.2, 0.25) is 0 Å². The maximum Gasteiger partial charge on any atom is 0.336 e. The molecule has 0 bridgehead atoms. The van der Waals surface area contributed by atoms with Gasteiger partial charge in [0.05, 0.1) is 22.9 Å². The van der Waals surface area contributed by atoms with E-state index in [4.69, 9.17) is 5.11 Å². The zero-order chi connectivity index (χ0) is 9.42. The highest BCUT2D eigenvalue weighted by Gasteiger charge is 2.10. The standard InChI is InChI=1S/C9H8N2O2/c1-5-6(9(12)13)2-3-7-8(5)11-4-10-7/h2-4H,1H3,(H,10,11)(H,12,13). The lowest BCUT2D eigenvalue weighted by molar-refractivity contribution is 0.0696. The van der Waals surface area contributed by atoms with Crippen molar-refractivity contribution in [2.75, 3.05) is 0 Å². The van der Waals surface area contributed by atoms with Crippen LogP contribution in [0.1, 0.15) is 15.9 Å². The first kappa shape index (κ1) is 7.79. The van der Waals surface area contributed by atoms with Gasteiger partial charge in [0.2, 0.25) is 0 Å². The Labute approximate surface area is 74.2 Å². The Hall–Kier alpha value is -1.84. The van der Waals surface area contributed by atoms with Gasteiger partial charge in [0.15, 0.2) is 0 Å². The molecule has 0 radical (unpaired) electrons. The lowest BCUT2D eigenvalue weighted by Crippen LogP contribution is -1.99. The SMILES string of the molecule is Cc1c(C(=O)O)ccc2nc[nH]c12. The van der Waals surface area contributed by atoms with Crippen molar-refractivity contribution in [2.24, 2.45) is 0 Å². The minimum atomic E-state index is -0.908. The van der Waals surface area contributed by atoms with Crippen LogP contribution in [0.25, 0.3) is 11.0 Å². The molecule has 0 aliphatic rings. The number of benzene rings is 1. The number of aryl methyl sites for hydroxylation is 1. The van der Waals surface area contributed by atoms with Gasteiger partial charge in [0, 0.05) is 0 Å². The van der Waals surface area contributed by atoms with Crippen LogP contribution in [0, 0.1) is 6.92 Å². The number of H-pyrrole nitrogens is 1. The van der Waals surface area contributed by atoms with E-state index in [0.29, 0.717) is 5.56 Å². The Morgan fingerprint density at radius 3 is 3.00 bits per heavy atom. The van der Waals surface area contributed by atoms with Gasteiger partial charge in [-0.15, -0.1) is 0 Å². The monoisotopic (exact) mass is 176 g/mol. The van der Waals surface area contributed by atoms with Gasteiger partial charge in [-0.1, -0.05) is 0 Å². The fourth-order valence-corrected chi connectivity index (χ4v) is 1.39. The third-order valence-corrected chi connectivity index (χ3v) is 2.09. The number of carbonyl (C=O) groups is 1. The molecule has 2 rings (SSSR count). The number of aromatic nitrogens is 2. The molecule has 66 valence electrons. The normalized spacial score (nSPS) is 10.5. The van der Waals surface area contributed by atoms with Crippen molar-refractivity contribution in [2.45, 2.75) is 6.92 Å². The van der Waals surface area contributed by atoms with Gasteiger partial charge < -0.3 is 10.1 Å². The van der Waals surface area contributed by atoms with Gasteiger partial charge in [-0.05, 0) is 24.6 Å². The minimum absolute atomic E-state index is 0.316. The molecule has 4 nitrogen and oxygen atoms in total. The third-order valence-electron chi connectivity index (χ3n) is 2.09. The number of fused-ring (bicyclic) bond motifs is 1. The Morgan fingerprint density at radius 1 is 1.54 bits per heavy atom. The number of carboxylic acid groups (broad SMARTS) is 1. The molecule has 0 unspecified atom stereocenters. The molecule has 0 aliphatic carbocycles. The molecule has 0 saturated carbocycles. The van der Waals surface area contributed by atoms with Gasteiger partial charge in [-0.25, -0.2) is 9.78 Å². The van der Waals surface area contributed by atoms with Crippen LogP contribution in [0.15, 0.2) is 18.5 Å². The minimum Gasteiger partial charge on any atom is -0.478 e. The quantitative estimate of drug-likeness (QED) is 0.693. The van der Waals surface area contributed by atoms with Crippen molar-refractivity contribution in [3.05, 3.63) is 29.6 Å². The first-order valence-electron chi connectivity index (χ1n) is 3.86. The fourth-order valence-electron chi connectivity index (χ4n) is 1.39. The molecule has 13 heavy (non-hydrogen) atoms. The summed E-state index contributed by atoms with van der Waals surface area (Å²) in [6, 6.07) is 3.27. The number of carboxylic acids is 1. The molecular weight excluding hydrogens is 168 g/mol. The zero-order valence-electron chi connectivity index (χ0n) is 7.03. The van der Waals surface area contributed by atoms with Crippen molar-refractivity contribution < 1.29 is 9.90 Å². The average Bonchev–Trinajstić information content (AvgIpc) is 2.52. The summed E-state index contributed by atoms with van der Waals surface area (Å²) in [5.74, 6) is -0.908. The molecule has 0 aliphatic heterocycles. The summed E-state index contributed by atoms with van der Waals surface area (Å²) >= 11 is 0. The molecule has 0 fully saturated rings. The average molecular weight is 176 g/mol. The number of imidazole rings is 1. The van der Waals surface area contributed by atoms with E-state index in [1.165, 1.54) is 0 Å². The summed E-state index contributed by atoms with van der Waals surface area (Å²) in [6.07, 6.45) is 1.56. The summed E-state index contributed by atoms with van der Waals surface area (Å²) in [6.45, 7) is 1.77. The number of hydrogen-bond donors (Lipinski definition) is 2. The van der Waals surface area contributed by atoms with Crippen LogP contribution in [-0.2, 0) is 0 Å². The highest BCUT2D eigenvalue weighted by Crippen LogP contribution is 2.18. The van der Waals surface area contributed by atoms with Crippen LogP contribution in [0.4, 0.5) is 0 Å². The van der Waals surface area contributed by atoms with E-state index in [9.17, 15) is 4.79 Å². The van der Waals surface area contributed by atoms with E-state index in [0.717, 1.165) is 16.6 Å².